The molecule has 6 rings (SSSR count). The highest BCUT2D eigenvalue weighted by Gasteiger charge is 2.30. The molecule has 39 heavy (non-hydrogen) atoms. The molecule has 6 nitrogen and oxygen atoms in total. The van der Waals surface area contributed by atoms with Gasteiger partial charge in [-0.1, -0.05) is 96.6 Å². The Bertz CT molecular complexity index is 1640. The Balaban J connectivity index is 1.22. The van der Waals surface area contributed by atoms with Crippen molar-refractivity contribution in [1.29, 1.82) is 0 Å². The lowest BCUT2D eigenvalue weighted by atomic mass is 9.98. The van der Waals surface area contributed by atoms with Crippen LogP contribution >= 0.6 is 0 Å². The fourth-order valence-electron chi connectivity index (χ4n) is 5.57. The average Bonchev–Trinajstić information content (AvgIpc) is 3.47. The monoisotopic (exact) mass is 516 g/mol. The molecule has 0 bridgehead atoms. The van der Waals surface area contributed by atoms with E-state index < -0.39 is 18.1 Å². The van der Waals surface area contributed by atoms with Gasteiger partial charge in [-0.25, -0.2) is 9.59 Å². The number of para-hydroxylation sites is 1. The minimum absolute atomic E-state index is 0.104. The van der Waals surface area contributed by atoms with Crippen molar-refractivity contribution in [2.24, 2.45) is 0 Å². The van der Waals surface area contributed by atoms with Crippen LogP contribution in [0.25, 0.3) is 33.3 Å². The van der Waals surface area contributed by atoms with Crippen molar-refractivity contribution in [3.05, 3.63) is 119 Å². The van der Waals surface area contributed by atoms with Gasteiger partial charge in [-0.15, -0.1) is 0 Å². The second-order valence-corrected chi connectivity index (χ2v) is 9.95. The van der Waals surface area contributed by atoms with E-state index in [9.17, 15) is 14.7 Å². The van der Waals surface area contributed by atoms with Gasteiger partial charge in [-0.05, 0) is 46.4 Å². The first-order valence-corrected chi connectivity index (χ1v) is 13.0. The molecule has 1 aliphatic carbocycles. The summed E-state index contributed by atoms with van der Waals surface area (Å²) in [5, 5.41) is 13.6. The summed E-state index contributed by atoms with van der Waals surface area (Å²) in [5.41, 5.74) is 9.15. The number of carboxylic acids is 1. The van der Waals surface area contributed by atoms with Gasteiger partial charge in [0.1, 0.15) is 12.6 Å². The summed E-state index contributed by atoms with van der Waals surface area (Å²) in [4.78, 5) is 28.7. The number of carbonyl (C=O) groups is 2. The third kappa shape index (κ3) is 4.66. The molecule has 4 aromatic carbocycles. The number of benzene rings is 4. The van der Waals surface area contributed by atoms with E-state index in [2.05, 4.69) is 22.4 Å². The van der Waals surface area contributed by atoms with Gasteiger partial charge < -0.3 is 20.1 Å². The van der Waals surface area contributed by atoms with Gasteiger partial charge in [-0.3, -0.25) is 0 Å². The minimum atomic E-state index is -1.16. The summed E-state index contributed by atoms with van der Waals surface area (Å²) in [6.45, 7) is 2.14. The van der Waals surface area contributed by atoms with Crippen LogP contribution in [0.1, 0.15) is 28.2 Å². The number of amides is 1. The second-order valence-electron chi connectivity index (χ2n) is 9.95. The molecule has 1 heterocycles. The number of nitrogens with one attached hydrogen (secondary N) is 2. The maximum atomic E-state index is 12.9. The first-order chi connectivity index (χ1) is 19.0. The lowest BCUT2D eigenvalue weighted by Gasteiger charge is -2.18. The molecule has 0 aliphatic heterocycles. The Morgan fingerprint density at radius 2 is 1.49 bits per heavy atom. The zero-order chi connectivity index (χ0) is 26.9. The van der Waals surface area contributed by atoms with E-state index in [1.807, 2.05) is 91.9 Å². The largest absolute Gasteiger partial charge is 0.480 e. The Morgan fingerprint density at radius 1 is 0.872 bits per heavy atom. The van der Waals surface area contributed by atoms with E-state index in [4.69, 9.17) is 4.74 Å². The van der Waals surface area contributed by atoms with Crippen LogP contribution in [0.5, 0.6) is 0 Å². The van der Waals surface area contributed by atoms with E-state index in [0.29, 0.717) is 0 Å². The van der Waals surface area contributed by atoms with Crippen molar-refractivity contribution in [2.75, 3.05) is 6.61 Å². The number of rotatable bonds is 7. The summed E-state index contributed by atoms with van der Waals surface area (Å²) in [6.07, 6.45) is -0.645. The fourth-order valence-corrected chi connectivity index (χ4v) is 5.57. The molecule has 1 aromatic heterocycles. The van der Waals surface area contributed by atoms with E-state index in [1.54, 1.807) is 0 Å². The standard InChI is InChI=1S/C33H28N2O4/c1-20-14-16-21(17-15-20)31-27(26-12-6-7-13-29(26)34-31)18-30(32(36)37)35-33(38)39-19-28-24-10-4-2-8-22(24)23-9-3-5-11-25(23)28/h2-17,28,30,34H,18-19H2,1H3,(H,35,38)(H,36,37). The van der Waals surface area contributed by atoms with Crippen LogP contribution in [0.2, 0.25) is 0 Å². The third-order valence-electron chi connectivity index (χ3n) is 7.50. The van der Waals surface area contributed by atoms with Crippen LogP contribution in [0.15, 0.2) is 97.1 Å². The van der Waals surface area contributed by atoms with Crippen molar-refractivity contribution < 1.29 is 19.4 Å². The number of aryl methyl sites for hydroxylation is 1. The van der Waals surface area contributed by atoms with Gasteiger partial charge in [0.15, 0.2) is 0 Å². The van der Waals surface area contributed by atoms with Gasteiger partial charge >= 0.3 is 12.1 Å². The van der Waals surface area contributed by atoms with Crippen LogP contribution in [0, 0.1) is 6.92 Å². The molecule has 1 amide bonds. The molecule has 1 aliphatic rings. The van der Waals surface area contributed by atoms with Gasteiger partial charge in [-0.2, -0.15) is 0 Å². The zero-order valence-corrected chi connectivity index (χ0v) is 21.5. The average molecular weight is 517 g/mol. The molecular formula is C33H28N2O4. The Labute approximate surface area is 226 Å². The van der Waals surface area contributed by atoms with Gasteiger partial charge in [0, 0.05) is 28.9 Å². The predicted molar refractivity (Wildman–Crippen MR) is 152 cm³/mol. The molecule has 194 valence electrons. The van der Waals surface area contributed by atoms with Crippen molar-refractivity contribution in [1.82, 2.24) is 10.3 Å². The number of fused-ring (bicyclic) bond motifs is 4. The first kappa shape index (κ1) is 24.5. The van der Waals surface area contributed by atoms with E-state index in [-0.39, 0.29) is 18.9 Å². The lowest BCUT2D eigenvalue weighted by Crippen LogP contribution is -2.43. The number of aromatic amines is 1. The molecule has 6 heteroatoms. The normalized spacial score (nSPS) is 13.1. The van der Waals surface area contributed by atoms with E-state index in [1.165, 1.54) is 0 Å². The van der Waals surface area contributed by atoms with Gasteiger partial charge in [0.2, 0.25) is 0 Å². The molecular weight excluding hydrogens is 488 g/mol. The number of aliphatic carboxylic acids is 1. The number of hydrogen-bond acceptors (Lipinski definition) is 3. The molecule has 1 atom stereocenters. The lowest BCUT2D eigenvalue weighted by molar-refractivity contribution is -0.139. The summed E-state index contributed by atoms with van der Waals surface area (Å²) in [5.74, 6) is -1.23. The number of ether oxygens (including phenoxy) is 1. The highest BCUT2D eigenvalue weighted by molar-refractivity contribution is 5.92. The quantitative estimate of drug-likeness (QED) is 0.225. The van der Waals surface area contributed by atoms with E-state index >= 15 is 0 Å². The molecule has 3 N–H and O–H groups in total. The van der Waals surface area contributed by atoms with Crippen molar-refractivity contribution in [2.45, 2.75) is 25.3 Å². The Morgan fingerprint density at radius 3 is 2.15 bits per heavy atom. The maximum absolute atomic E-state index is 12.9. The zero-order valence-electron chi connectivity index (χ0n) is 21.5. The fraction of sp³-hybridized carbons (Fsp3) is 0.152. The topological polar surface area (TPSA) is 91.4 Å². The third-order valence-corrected chi connectivity index (χ3v) is 7.50. The second kappa shape index (κ2) is 10.1. The molecule has 1 unspecified atom stereocenters. The van der Waals surface area contributed by atoms with Crippen molar-refractivity contribution >= 4 is 23.0 Å². The smallest absolute Gasteiger partial charge is 0.407 e. The highest BCUT2D eigenvalue weighted by atomic mass is 16.5. The first-order valence-electron chi connectivity index (χ1n) is 13.0. The number of H-pyrrole nitrogens is 1. The maximum Gasteiger partial charge on any atom is 0.407 e. The summed E-state index contributed by atoms with van der Waals surface area (Å²) in [6, 6.07) is 30.9. The summed E-state index contributed by atoms with van der Waals surface area (Å²) in [7, 11) is 0. The number of aromatic nitrogens is 1. The van der Waals surface area contributed by atoms with Crippen LogP contribution in [0.4, 0.5) is 4.79 Å². The van der Waals surface area contributed by atoms with Crippen LogP contribution in [-0.4, -0.2) is 34.8 Å². The molecule has 0 fully saturated rings. The predicted octanol–water partition coefficient (Wildman–Crippen LogP) is 6.68. The number of alkyl carbamates (subject to hydrolysis) is 1. The van der Waals surface area contributed by atoms with E-state index in [0.717, 1.165) is 55.5 Å². The van der Waals surface area contributed by atoms with Crippen molar-refractivity contribution in [3.8, 4) is 22.4 Å². The van der Waals surface area contributed by atoms with Gasteiger partial charge in [0.05, 0.1) is 0 Å². The molecule has 0 spiro atoms. The van der Waals surface area contributed by atoms with Crippen LogP contribution in [0.3, 0.4) is 0 Å². The number of hydrogen-bond donors (Lipinski definition) is 3. The summed E-state index contributed by atoms with van der Waals surface area (Å²) < 4.78 is 5.63. The highest BCUT2D eigenvalue weighted by Crippen LogP contribution is 2.44. The molecule has 0 saturated heterocycles. The number of carbonyl (C=O) groups excluding carboxylic acids is 1. The van der Waals surface area contributed by atoms with Crippen LogP contribution < -0.4 is 5.32 Å². The molecule has 0 saturated carbocycles. The minimum Gasteiger partial charge on any atom is -0.480 e. The Hall–Kier alpha value is -4.84. The molecule has 5 aromatic rings. The SMILES string of the molecule is Cc1ccc(-c2[nH]c3ccccc3c2CC(NC(=O)OCC2c3ccccc3-c3ccccc32)C(=O)O)cc1. The van der Waals surface area contributed by atoms with Crippen LogP contribution in [-0.2, 0) is 16.0 Å². The van der Waals surface area contributed by atoms with Gasteiger partial charge in [0.25, 0.3) is 0 Å². The van der Waals surface area contributed by atoms with Crippen molar-refractivity contribution in [3.63, 3.8) is 0 Å². The Kier molecular flexibility index (Phi) is 6.37. The number of carboxylic acid groups (broad SMARTS) is 1. The summed E-state index contributed by atoms with van der Waals surface area (Å²) >= 11 is 0. The molecule has 0 radical (unpaired) electrons.